The van der Waals surface area contributed by atoms with Gasteiger partial charge in [0.1, 0.15) is 16.5 Å². The van der Waals surface area contributed by atoms with E-state index in [2.05, 4.69) is 60.9 Å². The summed E-state index contributed by atoms with van der Waals surface area (Å²) in [6, 6.07) is 10.8. The van der Waals surface area contributed by atoms with E-state index in [1.54, 1.807) is 10.4 Å². The van der Waals surface area contributed by atoms with E-state index in [-0.39, 0.29) is 0 Å². The molecule has 158 valence electrons. The number of anilines is 1. The van der Waals surface area contributed by atoms with Crippen LogP contribution in [-0.4, -0.2) is 41.0 Å². The molecule has 1 saturated heterocycles. The molecule has 1 unspecified atom stereocenters. The van der Waals surface area contributed by atoms with Crippen LogP contribution in [-0.2, 0) is 19.4 Å². The van der Waals surface area contributed by atoms with Gasteiger partial charge in [-0.05, 0) is 36.3 Å². The molecule has 0 radical (unpaired) electrons. The quantitative estimate of drug-likeness (QED) is 0.576. The lowest BCUT2D eigenvalue weighted by Gasteiger charge is -2.36. The molecule has 0 saturated carbocycles. The van der Waals surface area contributed by atoms with E-state index < -0.39 is 0 Å². The minimum atomic E-state index is 0.352. The molecule has 1 fully saturated rings. The number of thiophene rings is 1. The number of fused-ring (bicyclic) bond motifs is 3. The highest BCUT2D eigenvalue weighted by molar-refractivity contribution is 7.19. The van der Waals surface area contributed by atoms with Gasteiger partial charge in [0.25, 0.3) is 0 Å². The molecule has 0 N–H and O–H groups in total. The number of hydrogen-bond acceptors (Lipinski definition) is 5. The van der Waals surface area contributed by atoms with Gasteiger partial charge in [0.05, 0.1) is 5.39 Å². The standard InChI is InChI=1S/C25H32N4S/c1-17(2)23-26-24(22-20-10-9-18(3)15-21(20)30-25(22)27-23)29-13-11-28(12-14-29)16-19-7-5-4-6-8-19/h4-8,17-18H,9-16H2,1-3H3. The second kappa shape index (κ2) is 8.27. The van der Waals surface area contributed by atoms with Crippen molar-refractivity contribution >= 4 is 27.4 Å². The normalized spacial score (nSPS) is 20.1. The third-order valence-electron chi connectivity index (χ3n) is 6.59. The molecule has 3 heterocycles. The fourth-order valence-corrected chi connectivity index (χ4v) is 6.17. The van der Waals surface area contributed by atoms with E-state index in [4.69, 9.17) is 9.97 Å². The maximum atomic E-state index is 5.14. The van der Waals surface area contributed by atoms with Crippen molar-refractivity contribution in [2.24, 2.45) is 5.92 Å². The van der Waals surface area contributed by atoms with Crippen molar-refractivity contribution in [3.63, 3.8) is 0 Å². The number of benzene rings is 1. The summed E-state index contributed by atoms with van der Waals surface area (Å²) >= 11 is 1.93. The Morgan fingerprint density at radius 2 is 1.83 bits per heavy atom. The van der Waals surface area contributed by atoms with Crippen LogP contribution in [0.5, 0.6) is 0 Å². The van der Waals surface area contributed by atoms with Gasteiger partial charge < -0.3 is 4.90 Å². The third kappa shape index (κ3) is 3.85. The fraction of sp³-hybridized carbons (Fsp3) is 0.520. The van der Waals surface area contributed by atoms with E-state index in [0.29, 0.717) is 5.92 Å². The Morgan fingerprint density at radius 3 is 2.57 bits per heavy atom. The van der Waals surface area contributed by atoms with Crippen LogP contribution >= 0.6 is 11.3 Å². The van der Waals surface area contributed by atoms with Crippen LogP contribution in [0.15, 0.2) is 30.3 Å². The zero-order chi connectivity index (χ0) is 20.7. The number of piperazine rings is 1. The Kier molecular flexibility index (Phi) is 5.50. The van der Waals surface area contributed by atoms with Crippen molar-refractivity contribution in [2.75, 3.05) is 31.1 Å². The molecule has 1 atom stereocenters. The molecule has 1 aliphatic heterocycles. The highest BCUT2D eigenvalue weighted by atomic mass is 32.1. The second-order valence-corrected chi connectivity index (χ2v) is 10.4. The lowest BCUT2D eigenvalue weighted by atomic mass is 9.89. The predicted octanol–water partition coefficient (Wildman–Crippen LogP) is 5.26. The minimum Gasteiger partial charge on any atom is -0.353 e. The van der Waals surface area contributed by atoms with Crippen molar-refractivity contribution in [2.45, 2.75) is 52.5 Å². The molecule has 1 aromatic carbocycles. The molecule has 2 aromatic heterocycles. The third-order valence-corrected chi connectivity index (χ3v) is 7.74. The number of aromatic nitrogens is 2. The zero-order valence-corrected chi connectivity index (χ0v) is 19.2. The fourth-order valence-electron chi connectivity index (χ4n) is 4.79. The first kappa shape index (κ1) is 20.0. The monoisotopic (exact) mass is 420 g/mol. The summed E-state index contributed by atoms with van der Waals surface area (Å²) < 4.78 is 0. The van der Waals surface area contributed by atoms with Gasteiger partial charge in [-0.1, -0.05) is 51.1 Å². The number of rotatable bonds is 4. The van der Waals surface area contributed by atoms with E-state index in [9.17, 15) is 0 Å². The second-order valence-electron chi connectivity index (χ2n) is 9.34. The molecule has 1 aliphatic carbocycles. The summed E-state index contributed by atoms with van der Waals surface area (Å²) in [5.74, 6) is 3.34. The van der Waals surface area contributed by atoms with Crippen LogP contribution in [0.25, 0.3) is 10.2 Å². The van der Waals surface area contributed by atoms with Crippen molar-refractivity contribution < 1.29 is 0 Å². The highest BCUT2D eigenvalue weighted by Gasteiger charge is 2.28. The van der Waals surface area contributed by atoms with Crippen molar-refractivity contribution in [1.29, 1.82) is 0 Å². The first-order chi connectivity index (χ1) is 14.6. The molecule has 0 bridgehead atoms. The maximum Gasteiger partial charge on any atom is 0.141 e. The summed E-state index contributed by atoms with van der Waals surface area (Å²) in [6.45, 7) is 12.1. The predicted molar refractivity (Wildman–Crippen MR) is 127 cm³/mol. The maximum absolute atomic E-state index is 5.14. The largest absolute Gasteiger partial charge is 0.353 e. The molecular weight excluding hydrogens is 388 g/mol. The van der Waals surface area contributed by atoms with E-state index in [1.807, 2.05) is 11.3 Å². The lowest BCUT2D eigenvalue weighted by Crippen LogP contribution is -2.46. The molecule has 5 heteroatoms. The Morgan fingerprint density at radius 1 is 1.07 bits per heavy atom. The van der Waals surface area contributed by atoms with Gasteiger partial charge in [-0.25, -0.2) is 9.97 Å². The van der Waals surface area contributed by atoms with E-state index in [0.717, 1.165) is 44.5 Å². The summed E-state index contributed by atoms with van der Waals surface area (Å²) in [4.78, 5) is 18.0. The van der Waals surface area contributed by atoms with Crippen molar-refractivity contribution in [1.82, 2.24) is 14.9 Å². The summed E-state index contributed by atoms with van der Waals surface area (Å²) in [6.07, 6.45) is 3.68. The molecule has 2 aliphatic rings. The van der Waals surface area contributed by atoms with Gasteiger partial charge in [0, 0.05) is 43.5 Å². The molecule has 4 nitrogen and oxygen atoms in total. The first-order valence-corrected chi connectivity index (χ1v) is 12.2. The van der Waals surface area contributed by atoms with Gasteiger partial charge in [-0.15, -0.1) is 11.3 Å². The van der Waals surface area contributed by atoms with Crippen LogP contribution in [0.2, 0.25) is 0 Å². The summed E-state index contributed by atoms with van der Waals surface area (Å²) in [5.41, 5.74) is 2.95. The Labute approximate surface area is 184 Å². The Bertz CT molecular complexity index is 1020. The van der Waals surface area contributed by atoms with Gasteiger partial charge in [0.2, 0.25) is 0 Å². The summed E-state index contributed by atoms with van der Waals surface area (Å²) in [5, 5.41) is 1.36. The average Bonchev–Trinajstić information content (AvgIpc) is 3.11. The van der Waals surface area contributed by atoms with Gasteiger partial charge in [0.15, 0.2) is 0 Å². The van der Waals surface area contributed by atoms with Crippen LogP contribution in [0.3, 0.4) is 0 Å². The average molecular weight is 421 g/mol. The van der Waals surface area contributed by atoms with Crippen LogP contribution < -0.4 is 4.90 Å². The summed E-state index contributed by atoms with van der Waals surface area (Å²) in [7, 11) is 0. The molecule has 0 amide bonds. The number of aryl methyl sites for hydroxylation is 1. The van der Waals surface area contributed by atoms with Crippen LogP contribution in [0, 0.1) is 5.92 Å². The number of nitrogens with zero attached hydrogens (tertiary/aromatic N) is 4. The molecule has 0 spiro atoms. The zero-order valence-electron chi connectivity index (χ0n) is 18.4. The topological polar surface area (TPSA) is 32.3 Å². The Hall–Kier alpha value is -1.98. The van der Waals surface area contributed by atoms with Crippen LogP contribution in [0.1, 0.15) is 54.9 Å². The smallest absolute Gasteiger partial charge is 0.141 e. The van der Waals surface area contributed by atoms with Gasteiger partial charge >= 0.3 is 0 Å². The molecule has 3 aromatic rings. The Balaban J connectivity index is 1.43. The highest BCUT2D eigenvalue weighted by Crippen LogP contribution is 2.41. The number of hydrogen-bond donors (Lipinski definition) is 0. The van der Waals surface area contributed by atoms with Crippen molar-refractivity contribution in [3.05, 3.63) is 52.2 Å². The first-order valence-electron chi connectivity index (χ1n) is 11.4. The van der Waals surface area contributed by atoms with Crippen molar-refractivity contribution in [3.8, 4) is 0 Å². The van der Waals surface area contributed by atoms with Crippen LogP contribution in [0.4, 0.5) is 5.82 Å². The molecular formula is C25H32N4S. The van der Waals surface area contributed by atoms with E-state index >= 15 is 0 Å². The molecule has 30 heavy (non-hydrogen) atoms. The van der Waals surface area contributed by atoms with Gasteiger partial charge in [-0.3, -0.25) is 4.90 Å². The lowest BCUT2D eigenvalue weighted by molar-refractivity contribution is 0.249. The van der Waals surface area contributed by atoms with Gasteiger partial charge in [-0.2, -0.15) is 0 Å². The SMILES string of the molecule is CC1CCc2c(sc3nc(C(C)C)nc(N4CCN(Cc5ccccc5)CC4)c23)C1. The minimum absolute atomic E-state index is 0.352. The van der Waals surface area contributed by atoms with E-state index in [1.165, 1.54) is 40.9 Å². The molecule has 5 rings (SSSR count).